The van der Waals surface area contributed by atoms with Crippen LogP contribution in [-0.4, -0.2) is 28.1 Å². The predicted molar refractivity (Wildman–Crippen MR) is 70.7 cm³/mol. The maximum absolute atomic E-state index is 10.9. The highest BCUT2D eigenvalue weighted by Gasteiger charge is 2.43. The predicted octanol–water partition coefficient (Wildman–Crippen LogP) is 3.06. The van der Waals surface area contributed by atoms with Crippen molar-refractivity contribution in [3.8, 4) is 0 Å². The van der Waals surface area contributed by atoms with Crippen molar-refractivity contribution in [2.45, 2.75) is 57.2 Å². The molecule has 2 fully saturated rings. The van der Waals surface area contributed by atoms with E-state index in [2.05, 4.69) is 11.8 Å². The Labute approximate surface area is 113 Å². The van der Waals surface area contributed by atoms with Crippen molar-refractivity contribution in [1.29, 1.82) is 0 Å². The van der Waals surface area contributed by atoms with Gasteiger partial charge in [0.2, 0.25) is 0 Å². The molecular formula is C15H21NO3. The highest BCUT2D eigenvalue weighted by atomic mass is 16.4. The molecule has 104 valence electrons. The van der Waals surface area contributed by atoms with Crippen LogP contribution in [0.25, 0.3) is 0 Å². The molecule has 2 bridgehead atoms. The lowest BCUT2D eigenvalue weighted by atomic mass is 9.87. The lowest BCUT2D eigenvalue weighted by Crippen LogP contribution is -2.44. The van der Waals surface area contributed by atoms with Crippen LogP contribution >= 0.6 is 0 Å². The van der Waals surface area contributed by atoms with Gasteiger partial charge in [-0.25, -0.2) is 0 Å². The summed E-state index contributed by atoms with van der Waals surface area (Å²) in [6.07, 6.45) is 6.50. The van der Waals surface area contributed by atoms with E-state index in [9.17, 15) is 4.79 Å². The van der Waals surface area contributed by atoms with Crippen molar-refractivity contribution in [1.82, 2.24) is 4.90 Å². The second kappa shape index (κ2) is 5.00. The minimum atomic E-state index is -0.656. The van der Waals surface area contributed by atoms with Gasteiger partial charge in [-0.2, -0.15) is 0 Å². The van der Waals surface area contributed by atoms with Crippen LogP contribution < -0.4 is 0 Å². The van der Waals surface area contributed by atoms with E-state index in [1.54, 1.807) is 6.26 Å². The molecule has 3 rings (SSSR count). The fraction of sp³-hybridized carbons (Fsp3) is 0.667. The number of hydrogen-bond donors (Lipinski definition) is 1. The number of hydrogen-bond acceptors (Lipinski definition) is 3. The molecule has 2 aliphatic rings. The van der Waals surface area contributed by atoms with Crippen LogP contribution in [0.4, 0.5) is 0 Å². The van der Waals surface area contributed by atoms with E-state index in [0.29, 0.717) is 30.5 Å². The first-order chi connectivity index (χ1) is 9.15. The second-order valence-corrected chi connectivity index (χ2v) is 5.96. The van der Waals surface area contributed by atoms with E-state index < -0.39 is 5.97 Å². The summed E-state index contributed by atoms with van der Waals surface area (Å²) < 4.78 is 5.53. The lowest BCUT2D eigenvalue weighted by Gasteiger charge is -2.41. The Balaban J connectivity index is 1.71. The first kappa shape index (κ1) is 12.7. The quantitative estimate of drug-likeness (QED) is 0.907. The zero-order chi connectivity index (χ0) is 13.4. The normalized spacial score (nSPS) is 32.4. The SMILES string of the molecule is CC(c1ccco1)N1C2CCC1CC(CC(=O)O)C2. The minimum Gasteiger partial charge on any atom is -0.481 e. The Morgan fingerprint density at radius 1 is 1.47 bits per heavy atom. The van der Waals surface area contributed by atoms with Gasteiger partial charge in [-0.15, -0.1) is 0 Å². The van der Waals surface area contributed by atoms with E-state index in [-0.39, 0.29) is 0 Å². The molecule has 0 amide bonds. The first-order valence-corrected chi connectivity index (χ1v) is 7.17. The summed E-state index contributed by atoms with van der Waals surface area (Å²) in [6.45, 7) is 2.20. The number of carboxylic acids is 1. The fourth-order valence-corrected chi connectivity index (χ4v) is 4.05. The van der Waals surface area contributed by atoms with Crippen LogP contribution in [0.5, 0.6) is 0 Å². The lowest BCUT2D eigenvalue weighted by molar-refractivity contribution is -0.138. The van der Waals surface area contributed by atoms with Crippen molar-refractivity contribution < 1.29 is 14.3 Å². The summed E-state index contributed by atoms with van der Waals surface area (Å²) in [7, 11) is 0. The first-order valence-electron chi connectivity index (χ1n) is 7.17. The number of fused-ring (bicyclic) bond motifs is 2. The molecule has 4 nitrogen and oxygen atoms in total. The van der Waals surface area contributed by atoms with Crippen LogP contribution in [0.15, 0.2) is 22.8 Å². The number of rotatable bonds is 4. The minimum absolute atomic E-state index is 0.304. The van der Waals surface area contributed by atoms with Gasteiger partial charge in [-0.1, -0.05) is 0 Å². The zero-order valence-electron chi connectivity index (χ0n) is 11.3. The molecule has 3 unspecified atom stereocenters. The molecule has 0 spiro atoms. The van der Waals surface area contributed by atoms with Gasteiger partial charge in [-0.05, 0) is 50.7 Å². The molecule has 19 heavy (non-hydrogen) atoms. The topological polar surface area (TPSA) is 53.7 Å². The van der Waals surface area contributed by atoms with Gasteiger partial charge in [0.25, 0.3) is 0 Å². The molecule has 1 aromatic rings. The van der Waals surface area contributed by atoms with Crippen LogP contribution in [-0.2, 0) is 4.79 Å². The fourth-order valence-electron chi connectivity index (χ4n) is 4.05. The van der Waals surface area contributed by atoms with E-state index in [4.69, 9.17) is 9.52 Å². The molecule has 2 saturated heterocycles. The molecular weight excluding hydrogens is 242 g/mol. The van der Waals surface area contributed by atoms with Crippen LogP contribution in [0.3, 0.4) is 0 Å². The standard InChI is InChI=1S/C15H21NO3/c1-10(14-3-2-6-19-14)16-12-4-5-13(16)8-11(7-12)9-15(17)18/h2-3,6,10-13H,4-5,7-9H2,1H3,(H,17,18). The smallest absolute Gasteiger partial charge is 0.303 e. The summed E-state index contributed by atoms with van der Waals surface area (Å²) in [6, 6.07) is 5.34. The zero-order valence-corrected chi connectivity index (χ0v) is 11.3. The number of carbonyl (C=O) groups is 1. The Hall–Kier alpha value is -1.29. The number of aliphatic carboxylic acids is 1. The van der Waals surface area contributed by atoms with Crippen molar-refractivity contribution in [3.05, 3.63) is 24.2 Å². The molecule has 0 radical (unpaired) electrons. The number of nitrogens with zero attached hydrogens (tertiary/aromatic N) is 1. The van der Waals surface area contributed by atoms with Gasteiger partial charge < -0.3 is 9.52 Å². The van der Waals surface area contributed by atoms with Gasteiger partial charge in [0.15, 0.2) is 0 Å². The highest BCUT2D eigenvalue weighted by Crippen LogP contribution is 2.44. The maximum Gasteiger partial charge on any atom is 0.303 e. The number of carboxylic acid groups (broad SMARTS) is 1. The monoisotopic (exact) mass is 263 g/mol. The molecule has 2 aliphatic heterocycles. The number of piperidine rings is 1. The van der Waals surface area contributed by atoms with Gasteiger partial charge >= 0.3 is 5.97 Å². The summed E-state index contributed by atoms with van der Waals surface area (Å²) in [5.41, 5.74) is 0. The van der Waals surface area contributed by atoms with Gasteiger partial charge in [-0.3, -0.25) is 9.69 Å². The van der Waals surface area contributed by atoms with Crippen LogP contribution in [0, 0.1) is 5.92 Å². The van der Waals surface area contributed by atoms with E-state index in [1.807, 2.05) is 12.1 Å². The molecule has 0 aromatic carbocycles. The molecule has 1 aromatic heterocycles. The average Bonchev–Trinajstić information content (AvgIpc) is 2.95. The number of furan rings is 1. The van der Waals surface area contributed by atoms with Crippen molar-refractivity contribution in [2.24, 2.45) is 5.92 Å². The van der Waals surface area contributed by atoms with E-state index >= 15 is 0 Å². The Morgan fingerprint density at radius 3 is 2.68 bits per heavy atom. The highest BCUT2D eigenvalue weighted by molar-refractivity contribution is 5.67. The van der Waals surface area contributed by atoms with Crippen LogP contribution in [0.1, 0.15) is 50.8 Å². The largest absolute Gasteiger partial charge is 0.481 e. The van der Waals surface area contributed by atoms with Crippen molar-refractivity contribution in [3.63, 3.8) is 0 Å². The van der Waals surface area contributed by atoms with Crippen LogP contribution in [0.2, 0.25) is 0 Å². The van der Waals surface area contributed by atoms with Gasteiger partial charge in [0.05, 0.1) is 12.3 Å². The molecule has 0 saturated carbocycles. The molecule has 3 atom stereocenters. The van der Waals surface area contributed by atoms with Gasteiger partial charge in [0.1, 0.15) is 5.76 Å². The summed E-state index contributed by atoms with van der Waals surface area (Å²) >= 11 is 0. The van der Waals surface area contributed by atoms with E-state index in [0.717, 1.165) is 18.6 Å². The molecule has 0 aliphatic carbocycles. The summed E-state index contributed by atoms with van der Waals surface area (Å²) in [4.78, 5) is 13.4. The third-order valence-electron chi connectivity index (χ3n) is 4.75. The average molecular weight is 263 g/mol. The van der Waals surface area contributed by atoms with Gasteiger partial charge in [0, 0.05) is 18.5 Å². The van der Waals surface area contributed by atoms with Crippen molar-refractivity contribution >= 4 is 5.97 Å². The molecule has 1 N–H and O–H groups in total. The third-order valence-corrected chi connectivity index (χ3v) is 4.75. The van der Waals surface area contributed by atoms with Crippen molar-refractivity contribution in [2.75, 3.05) is 0 Å². The molecule has 4 heteroatoms. The maximum atomic E-state index is 10.9. The Kier molecular flexibility index (Phi) is 3.35. The Morgan fingerprint density at radius 2 is 2.16 bits per heavy atom. The Bertz CT molecular complexity index is 428. The third kappa shape index (κ3) is 2.41. The summed E-state index contributed by atoms with van der Waals surface area (Å²) in [5, 5.41) is 8.96. The summed E-state index contributed by atoms with van der Waals surface area (Å²) in [5.74, 6) is 0.723. The molecule has 3 heterocycles. The second-order valence-electron chi connectivity index (χ2n) is 5.96. The van der Waals surface area contributed by atoms with E-state index in [1.165, 1.54) is 12.8 Å².